The first kappa shape index (κ1) is 13.5. The molecule has 0 saturated heterocycles. The van der Waals surface area contributed by atoms with E-state index in [1.807, 2.05) is 0 Å². The van der Waals surface area contributed by atoms with Gasteiger partial charge in [0.25, 0.3) is 0 Å². The number of benzene rings is 1. The molecule has 18 heavy (non-hydrogen) atoms. The predicted molar refractivity (Wildman–Crippen MR) is 71.7 cm³/mol. The van der Waals surface area contributed by atoms with Crippen molar-refractivity contribution in [1.82, 2.24) is 0 Å². The van der Waals surface area contributed by atoms with Gasteiger partial charge in [-0.3, -0.25) is 0 Å². The van der Waals surface area contributed by atoms with Gasteiger partial charge < -0.3 is 5.11 Å². The second-order valence-corrected chi connectivity index (χ2v) is 5.77. The number of aliphatic hydroxyl groups is 1. The lowest BCUT2D eigenvalue weighted by atomic mass is 9.70. The van der Waals surface area contributed by atoms with E-state index < -0.39 is 5.60 Å². The van der Waals surface area contributed by atoms with Crippen molar-refractivity contribution >= 4 is 0 Å². The maximum Gasteiger partial charge on any atom is 0.129 e. The van der Waals surface area contributed by atoms with Crippen LogP contribution in [0.15, 0.2) is 24.3 Å². The summed E-state index contributed by atoms with van der Waals surface area (Å²) in [6.07, 6.45) is 5.56. The molecule has 1 aromatic rings. The number of rotatable bonds is 3. The first-order chi connectivity index (χ1) is 8.55. The van der Waals surface area contributed by atoms with Gasteiger partial charge in [0.15, 0.2) is 0 Å². The third-order valence-electron chi connectivity index (χ3n) is 4.57. The highest BCUT2D eigenvalue weighted by Gasteiger charge is 2.38. The molecule has 2 rings (SSSR count). The van der Waals surface area contributed by atoms with Crippen LogP contribution < -0.4 is 0 Å². The third-order valence-corrected chi connectivity index (χ3v) is 4.57. The highest BCUT2D eigenvalue weighted by molar-refractivity contribution is 5.24. The van der Waals surface area contributed by atoms with Crippen LogP contribution in [0.4, 0.5) is 4.39 Å². The van der Waals surface area contributed by atoms with E-state index in [0.29, 0.717) is 11.5 Å². The first-order valence-corrected chi connectivity index (χ1v) is 7.03. The van der Waals surface area contributed by atoms with Gasteiger partial charge in [-0.15, -0.1) is 0 Å². The van der Waals surface area contributed by atoms with Crippen LogP contribution in [0.1, 0.15) is 51.5 Å². The van der Waals surface area contributed by atoms with Crippen molar-refractivity contribution in [2.75, 3.05) is 0 Å². The van der Waals surface area contributed by atoms with Crippen molar-refractivity contribution in [3.05, 3.63) is 35.6 Å². The summed E-state index contributed by atoms with van der Waals surface area (Å²) in [5.74, 6) is 0.566. The maximum absolute atomic E-state index is 13.9. The minimum atomic E-state index is -1.04. The summed E-state index contributed by atoms with van der Waals surface area (Å²) < 4.78 is 13.9. The quantitative estimate of drug-likeness (QED) is 0.850. The monoisotopic (exact) mass is 250 g/mol. The molecule has 0 aromatic heterocycles. The Kier molecular flexibility index (Phi) is 4.06. The van der Waals surface area contributed by atoms with Gasteiger partial charge in [-0.1, -0.05) is 44.4 Å². The van der Waals surface area contributed by atoms with Gasteiger partial charge in [0.1, 0.15) is 5.82 Å². The second kappa shape index (κ2) is 5.40. The minimum absolute atomic E-state index is 0.174. The fraction of sp³-hybridized carbons (Fsp3) is 0.625. The normalized spacial score (nSPS) is 27.8. The molecular formula is C16H23FO. The average molecular weight is 250 g/mol. The van der Waals surface area contributed by atoms with Gasteiger partial charge in [-0.2, -0.15) is 0 Å². The van der Waals surface area contributed by atoms with Crippen molar-refractivity contribution < 1.29 is 9.50 Å². The summed E-state index contributed by atoms with van der Waals surface area (Å²) in [6.45, 7) is 3.97. The Bertz CT molecular complexity index is 400. The largest absolute Gasteiger partial charge is 0.385 e. The van der Waals surface area contributed by atoms with Crippen molar-refractivity contribution in [3.63, 3.8) is 0 Å². The summed E-state index contributed by atoms with van der Waals surface area (Å²) in [5.41, 5.74) is -0.592. The van der Waals surface area contributed by atoms with E-state index >= 15 is 0 Å². The van der Waals surface area contributed by atoms with E-state index in [-0.39, 0.29) is 11.7 Å². The molecule has 0 bridgehead atoms. The van der Waals surface area contributed by atoms with E-state index in [1.54, 1.807) is 25.1 Å². The lowest BCUT2D eigenvalue weighted by molar-refractivity contribution is -0.0338. The summed E-state index contributed by atoms with van der Waals surface area (Å²) in [7, 11) is 0. The zero-order valence-corrected chi connectivity index (χ0v) is 11.3. The molecule has 1 N–H and O–H groups in total. The second-order valence-electron chi connectivity index (χ2n) is 5.77. The molecule has 0 radical (unpaired) electrons. The number of halogens is 1. The molecule has 2 heteroatoms. The Morgan fingerprint density at radius 3 is 2.72 bits per heavy atom. The molecule has 1 fully saturated rings. The highest BCUT2D eigenvalue weighted by Crippen LogP contribution is 2.42. The van der Waals surface area contributed by atoms with Crippen LogP contribution in [0.25, 0.3) is 0 Å². The topological polar surface area (TPSA) is 20.2 Å². The van der Waals surface area contributed by atoms with Crippen LogP contribution in [0.2, 0.25) is 0 Å². The fourth-order valence-electron chi connectivity index (χ4n) is 3.26. The van der Waals surface area contributed by atoms with Crippen LogP contribution in [-0.4, -0.2) is 5.11 Å². The molecule has 3 atom stereocenters. The SMILES string of the molecule is CCC1CCCC(C(C)(O)c2ccccc2F)C1. The molecule has 100 valence electrons. The Hall–Kier alpha value is -0.890. The van der Waals surface area contributed by atoms with Gasteiger partial charge in [-0.05, 0) is 37.7 Å². The Labute approximate surface area is 109 Å². The highest BCUT2D eigenvalue weighted by atomic mass is 19.1. The lowest BCUT2D eigenvalue weighted by Gasteiger charge is -2.39. The van der Waals surface area contributed by atoms with Crippen LogP contribution in [0.5, 0.6) is 0 Å². The molecule has 0 heterocycles. The Morgan fingerprint density at radius 1 is 1.33 bits per heavy atom. The zero-order valence-electron chi connectivity index (χ0n) is 11.3. The Morgan fingerprint density at radius 2 is 2.06 bits per heavy atom. The van der Waals surface area contributed by atoms with Gasteiger partial charge in [-0.25, -0.2) is 4.39 Å². The molecule has 3 unspecified atom stereocenters. The van der Waals surface area contributed by atoms with Gasteiger partial charge >= 0.3 is 0 Å². The molecule has 1 saturated carbocycles. The maximum atomic E-state index is 13.9. The molecule has 1 aliphatic rings. The molecule has 1 aromatic carbocycles. The van der Waals surface area contributed by atoms with E-state index in [1.165, 1.54) is 12.5 Å². The van der Waals surface area contributed by atoms with Gasteiger partial charge in [0, 0.05) is 5.56 Å². The molecule has 0 aliphatic heterocycles. The van der Waals surface area contributed by atoms with Crippen LogP contribution >= 0.6 is 0 Å². The van der Waals surface area contributed by atoms with Gasteiger partial charge in [0.2, 0.25) is 0 Å². The standard InChI is InChI=1S/C16H23FO/c1-3-12-7-6-8-13(11-12)16(2,18)14-9-4-5-10-15(14)17/h4-5,9-10,12-13,18H,3,6-8,11H2,1-2H3. The van der Waals surface area contributed by atoms with Crippen molar-refractivity contribution in [2.24, 2.45) is 11.8 Å². The lowest BCUT2D eigenvalue weighted by Crippen LogP contribution is -2.36. The third kappa shape index (κ3) is 2.59. The van der Waals surface area contributed by atoms with Crippen LogP contribution in [-0.2, 0) is 5.60 Å². The molecule has 0 spiro atoms. The Balaban J connectivity index is 2.22. The predicted octanol–water partition coefficient (Wildman–Crippen LogP) is 4.25. The summed E-state index contributed by atoms with van der Waals surface area (Å²) in [5, 5.41) is 10.8. The summed E-state index contributed by atoms with van der Waals surface area (Å²) >= 11 is 0. The van der Waals surface area contributed by atoms with Crippen LogP contribution in [0.3, 0.4) is 0 Å². The minimum Gasteiger partial charge on any atom is -0.385 e. The van der Waals surface area contributed by atoms with E-state index in [0.717, 1.165) is 25.7 Å². The molecule has 0 amide bonds. The summed E-state index contributed by atoms with van der Waals surface area (Å²) in [6, 6.07) is 6.62. The van der Waals surface area contributed by atoms with E-state index in [4.69, 9.17) is 0 Å². The fourth-order valence-corrected chi connectivity index (χ4v) is 3.26. The van der Waals surface area contributed by atoms with E-state index in [2.05, 4.69) is 6.92 Å². The molecular weight excluding hydrogens is 227 g/mol. The van der Waals surface area contributed by atoms with Crippen LogP contribution in [0, 0.1) is 17.7 Å². The van der Waals surface area contributed by atoms with Crippen molar-refractivity contribution in [2.45, 2.75) is 51.6 Å². The molecule has 1 nitrogen and oxygen atoms in total. The van der Waals surface area contributed by atoms with Crippen molar-refractivity contribution in [1.29, 1.82) is 0 Å². The number of hydrogen-bond donors (Lipinski definition) is 1. The van der Waals surface area contributed by atoms with Gasteiger partial charge in [0.05, 0.1) is 5.60 Å². The zero-order chi connectivity index (χ0) is 13.2. The average Bonchev–Trinajstić information content (AvgIpc) is 2.39. The molecule has 1 aliphatic carbocycles. The smallest absolute Gasteiger partial charge is 0.129 e. The van der Waals surface area contributed by atoms with Crippen molar-refractivity contribution in [3.8, 4) is 0 Å². The first-order valence-electron chi connectivity index (χ1n) is 7.03. The van der Waals surface area contributed by atoms with E-state index in [9.17, 15) is 9.50 Å². The number of hydrogen-bond acceptors (Lipinski definition) is 1. The summed E-state index contributed by atoms with van der Waals surface area (Å²) in [4.78, 5) is 0.